The van der Waals surface area contributed by atoms with Crippen LogP contribution in [0.3, 0.4) is 0 Å². The van der Waals surface area contributed by atoms with Crippen LogP contribution in [-0.2, 0) is 0 Å². The Hall–Kier alpha value is -3.89. The van der Waals surface area contributed by atoms with Gasteiger partial charge in [-0.1, -0.05) is 25.8 Å². The lowest BCUT2D eigenvalue weighted by Gasteiger charge is -2.25. The van der Waals surface area contributed by atoms with Crippen LogP contribution in [0.15, 0.2) is 85.4 Å². The Labute approximate surface area is 218 Å². The molecule has 0 saturated carbocycles. The van der Waals surface area contributed by atoms with Crippen molar-refractivity contribution >= 4 is 17.0 Å². The van der Waals surface area contributed by atoms with E-state index in [4.69, 9.17) is 4.74 Å². The second-order valence-electron chi connectivity index (χ2n) is 8.10. The third-order valence-electron chi connectivity index (χ3n) is 5.29. The summed E-state index contributed by atoms with van der Waals surface area (Å²) in [6, 6.07) is 1.37. The Kier molecular flexibility index (Phi) is 11.6. The van der Waals surface area contributed by atoms with Crippen molar-refractivity contribution in [1.29, 1.82) is 0 Å². The zero-order valence-electron chi connectivity index (χ0n) is 22.0. The number of likely N-dealkylation sites (N-methyl/N-ethyl adjacent to an activating group) is 2. The number of aromatic amines is 1. The van der Waals surface area contributed by atoms with E-state index in [1.807, 2.05) is 32.7 Å². The fourth-order valence-electron chi connectivity index (χ4n) is 3.48. The van der Waals surface area contributed by atoms with Crippen molar-refractivity contribution in [2.75, 3.05) is 32.0 Å². The van der Waals surface area contributed by atoms with Gasteiger partial charge < -0.3 is 35.7 Å². The monoisotopic (exact) mass is 511 g/mol. The standard InChI is InChI=1S/C27H38FN7O2/c1-8-20(16-18(5)31-24(36)10-3)37-26-21-12-13-30-25(21)33-27(34-26)32-19(6)17-22(28)23(9-2)35(11-4)15-14-29-7/h8-10,12-13,16-17,19,24,29,31,36H,1,3,5,11,14-15H2,2,4,6-7H3,(H2,30,32,33,34)/b20-16+,22-17+,23-9+. The molecule has 0 radical (unpaired) electrons. The highest BCUT2D eigenvalue weighted by molar-refractivity contribution is 5.82. The number of H-pyrrole nitrogens is 1. The third kappa shape index (κ3) is 8.62. The number of aliphatic hydroxyl groups excluding tert-OH is 1. The molecule has 2 atom stereocenters. The molecule has 2 rings (SSSR count). The summed E-state index contributed by atoms with van der Waals surface area (Å²) in [5, 5.41) is 19.3. The fourth-order valence-corrected chi connectivity index (χ4v) is 3.48. The fraction of sp³-hybridized carbons (Fsp3) is 0.333. The predicted octanol–water partition coefficient (Wildman–Crippen LogP) is 4.11. The van der Waals surface area contributed by atoms with Gasteiger partial charge in [-0.3, -0.25) is 0 Å². The number of aromatic nitrogens is 3. The van der Waals surface area contributed by atoms with Crippen LogP contribution in [0.25, 0.3) is 11.0 Å². The highest BCUT2D eigenvalue weighted by Crippen LogP contribution is 2.26. The van der Waals surface area contributed by atoms with Crippen LogP contribution in [0, 0.1) is 0 Å². The number of hydrogen-bond donors (Lipinski definition) is 5. The zero-order valence-corrected chi connectivity index (χ0v) is 22.0. The molecule has 37 heavy (non-hydrogen) atoms. The number of halogens is 1. The number of nitrogens with zero attached hydrogens (tertiary/aromatic N) is 3. The molecule has 2 aromatic heterocycles. The van der Waals surface area contributed by atoms with E-state index in [1.165, 1.54) is 18.2 Å². The summed E-state index contributed by atoms with van der Waals surface area (Å²) in [5.41, 5.74) is 1.47. The number of allylic oxidation sites excluding steroid dienone is 4. The van der Waals surface area contributed by atoms with Crippen molar-refractivity contribution in [3.05, 3.63) is 85.4 Å². The van der Waals surface area contributed by atoms with Gasteiger partial charge in [-0.05, 0) is 52.1 Å². The van der Waals surface area contributed by atoms with Gasteiger partial charge in [0, 0.05) is 43.6 Å². The molecule has 2 aromatic rings. The van der Waals surface area contributed by atoms with Gasteiger partial charge in [0.1, 0.15) is 23.5 Å². The Balaban J connectivity index is 2.27. The lowest BCUT2D eigenvalue weighted by Crippen LogP contribution is -2.30. The first-order valence-corrected chi connectivity index (χ1v) is 12.1. The number of rotatable bonds is 16. The molecule has 5 N–H and O–H groups in total. The second-order valence-corrected chi connectivity index (χ2v) is 8.10. The summed E-state index contributed by atoms with van der Waals surface area (Å²) in [4.78, 5) is 14.0. The molecule has 0 aliphatic heterocycles. The highest BCUT2D eigenvalue weighted by Gasteiger charge is 2.16. The second kappa shape index (κ2) is 14.6. The predicted molar refractivity (Wildman–Crippen MR) is 148 cm³/mol. The number of anilines is 1. The summed E-state index contributed by atoms with van der Waals surface area (Å²) in [5.74, 6) is 0.543. The molecule has 9 nitrogen and oxygen atoms in total. The van der Waals surface area contributed by atoms with Crippen molar-refractivity contribution in [1.82, 2.24) is 30.5 Å². The smallest absolute Gasteiger partial charge is 0.233 e. The van der Waals surface area contributed by atoms with Gasteiger partial charge in [0.2, 0.25) is 11.8 Å². The summed E-state index contributed by atoms with van der Waals surface area (Å²) in [6.07, 6.45) is 8.43. The van der Waals surface area contributed by atoms with Gasteiger partial charge in [0.25, 0.3) is 0 Å². The van der Waals surface area contributed by atoms with Crippen LogP contribution in [0.2, 0.25) is 0 Å². The van der Waals surface area contributed by atoms with Crippen LogP contribution in [0.5, 0.6) is 5.88 Å². The lowest BCUT2D eigenvalue weighted by atomic mass is 10.2. The molecule has 0 bridgehead atoms. The first-order chi connectivity index (χ1) is 17.8. The average molecular weight is 512 g/mol. The molecule has 0 aliphatic rings. The summed E-state index contributed by atoms with van der Waals surface area (Å²) in [6.45, 7) is 18.9. The van der Waals surface area contributed by atoms with Crippen molar-refractivity contribution in [3.63, 3.8) is 0 Å². The number of hydrogen-bond acceptors (Lipinski definition) is 8. The maximum atomic E-state index is 15.2. The normalized spacial score (nSPS) is 14.2. The molecular weight excluding hydrogens is 473 g/mol. The van der Waals surface area contributed by atoms with E-state index >= 15 is 4.39 Å². The van der Waals surface area contributed by atoms with E-state index in [9.17, 15) is 5.11 Å². The Morgan fingerprint density at radius 1 is 1.35 bits per heavy atom. The summed E-state index contributed by atoms with van der Waals surface area (Å²) >= 11 is 0. The van der Waals surface area contributed by atoms with Crippen LogP contribution in [-0.4, -0.2) is 63.9 Å². The van der Waals surface area contributed by atoms with Crippen molar-refractivity contribution in [2.24, 2.45) is 0 Å². The molecule has 2 unspecified atom stereocenters. The van der Waals surface area contributed by atoms with Gasteiger partial charge in [0.15, 0.2) is 0 Å². The van der Waals surface area contributed by atoms with Gasteiger partial charge in [0.05, 0.1) is 11.1 Å². The van der Waals surface area contributed by atoms with Crippen LogP contribution in [0.4, 0.5) is 10.3 Å². The maximum absolute atomic E-state index is 15.2. The number of fused-ring (bicyclic) bond motifs is 1. The van der Waals surface area contributed by atoms with Gasteiger partial charge in [-0.2, -0.15) is 9.97 Å². The molecule has 0 spiro atoms. The minimum Gasteiger partial charge on any atom is -0.438 e. The van der Waals surface area contributed by atoms with E-state index in [1.54, 1.807) is 24.4 Å². The molecular formula is C27H38FN7O2. The molecule has 2 heterocycles. The highest BCUT2D eigenvalue weighted by atomic mass is 19.1. The maximum Gasteiger partial charge on any atom is 0.233 e. The first kappa shape index (κ1) is 29.3. The van der Waals surface area contributed by atoms with Crippen molar-refractivity contribution < 1.29 is 14.2 Å². The summed E-state index contributed by atoms with van der Waals surface area (Å²) < 4.78 is 21.2. The minimum absolute atomic E-state index is 0.258. The first-order valence-electron chi connectivity index (χ1n) is 12.1. The number of aliphatic hydroxyl groups is 1. The molecule has 0 aromatic carbocycles. The zero-order chi connectivity index (χ0) is 27.4. The molecule has 200 valence electrons. The van der Waals surface area contributed by atoms with Crippen molar-refractivity contribution in [2.45, 2.75) is 33.0 Å². The molecule has 0 fully saturated rings. The Morgan fingerprint density at radius 2 is 2.11 bits per heavy atom. The third-order valence-corrected chi connectivity index (χ3v) is 5.29. The SMILES string of the molecule is C=C/C(=C\C(=C)NC(O)C=C)Oc1nc(NC(C)/C=C(F)\C(=C/C)N(CC)CCNC)nc2[nH]ccc12. The van der Waals surface area contributed by atoms with Crippen LogP contribution < -0.4 is 20.7 Å². The Morgan fingerprint density at radius 3 is 2.73 bits per heavy atom. The van der Waals surface area contributed by atoms with Gasteiger partial charge in [-0.25, -0.2) is 4.39 Å². The average Bonchev–Trinajstić information content (AvgIpc) is 3.34. The topological polar surface area (TPSA) is 110 Å². The van der Waals surface area contributed by atoms with Crippen LogP contribution >= 0.6 is 0 Å². The van der Waals surface area contributed by atoms with E-state index < -0.39 is 12.3 Å². The molecule has 10 heteroatoms. The molecule has 0 aliphatic carbocycles. The van der Waals surface area contributed by atoms with Gasteiger partial charge in [-0.15, -0.1) is 0 Å². The van der Waals surface area contributed by atoms with E-state index in [-0.39, 0.29) is 17.7 Å². The van der Waals surface area contributed by atoms with Crippen LogP contribution in [0.1, 0.15) is 20.8 Å². The van der Waals surface area contributed by atoms with E-state index in [2.05, 4.69) is 50.6 Å². The molecule has 0 saturated heterocycles. The number of ether oxygens (including phenoxy) is 1. The van der Waals surface area contributed by atoms with Gasteiger partial charge >= 0.3 is 0 Å². The van der Waals surface area contributed by atoms with E-state index in [0.717, 1.165) is 6.54 Å². The number of nitrogens with one attached hydrogen (secondary N) is 4. The molecule has 0 amide bonds. The quantitative estimate of drug-likeness (QED) is 0.0991. The Bertz CT molecular complexity index is 1170. The van der Waals surface area contributed by atoms with E-state index in [0.29, 0.717) is 41.3 Å². The largest absolute Gasteiger partial charge is 0.438 e. The minimum atomic E-state index is -0.952. The summed E-state index contributed by atoms with van der Waals surface area (Å²) in [7, 11) is 1.87. The van der Waals surface area contributed by atoms with Crippen molar-refractivity contribution in [3.8, 4) is 5.88 Å². The lowest BCUT2D eigenvalue weighted by molar-refractivity contribution is 0.199.